The van der Waals surface area contributed by atoms with E-state index in [2.05, 4.69) is 10.2 Å². The number of nitro groups is 1. The molecule has 0 atom stereocenters. The number of aromatic nitrogens is 2. The lowest BCUT2D eigenvalue weighted by atomic mass is 10.3. The number of hydrogen-bond acceptors (Lipinski definition) is 4. The van der Waals surface area contributed by atoms with Gasteiger partial charge in [0, 0.05) is 0 Å². The maximum absolute atomic E-state index is 10.5. The van der Waals surface area contributed by atoms with E-state index in [9.17, 15) is 10.1 Å². The zero-order chi connectivity index (χ0) is 9.26. The zero-order valence-corrected chi connectivity index (χ0v) is 6.43. The predicted molar refractivity (Wildman–Crippen MR) is 42.9 cm³/mol. The molecular formula is C7H5N3O3. The highest BCUT2D eigenvalue weighted by Gasteiger charge is 2.19. The van der Waals surface area contributed by atoms with Crippen molar-refractivity contribution in [3.05, 3.63) is 34.7 Å². The van der Waals surface area contributed by atoms with Crippen molar-refractivity contribution in [3.63, 3.8) is 0 Å². The van der Waals surface area contributed by atoms with Gasteiger partial charge >= 0.3 is 5.69 Å². The molecule has 0 amide bonds. The lowest BCUT2D eigenvalue weighted by Gasteiger charge is -1.88. The van der Waals surface area contributed by atoms with Crippen molar-refractivity contribution >= 4 is 5.69 Å². The van der Waals surface area contributed by atoms with Gasteiger partial charge < -0.3 is 4.42 Å². The van der Waals surface area contributed by atoms with Gasteiger partial charge in [-0.1, -0.05) is 0 Å². The summed E-state index contributed by atoms with van der Waals surface area (Å²) in [5.74, 6) is 0.382. The van der Waals surface area contributed by atoms with Crippen LogP contribution in [0.3, 0.4) is 0 Å². The van der Waals surface area contributed by atoms with E-state index in [4.69, 9.17) is 4.42 Å². The molecule has 0 saturated carbocycles. The molecule has 0 aliphatic rings. The van der Waals surface area contributed by atoms with Gasteiger partial charge in [0.25, 0.3) is 0 Å². The molecule has 13 heavy (non-hydrogen) atoms. The zero-order valence-electron chi connectivity index (χ0n) is 6.43. The third kappa shape index (κ3) is 1.18. The quantitative estimate of drug-likeness (QED) is 0.560. The maximum Gasteiger partial charge on any atom is 0.317 e. The van der Waals surface area contributed by atoms with Gasteiger partial charge in [0.2, 0.25) is 5.69 Å². The van der Waals surface area contributed by atoms with Crippen LogP contribution in [-0.4, -0.2) is 15.1 Å². The molecule has 0 radical (unpaired) electrons. The van der Waals surface area contributed by atoms with E-state index in [1.807, 2.05) is 0 Å². The first-order valence-electron chi connectivity index (χ1n) is 3.51. The second-order valence-electron chi connectivity index (χ2n) is 2.35. The average molecular weight is 179 g/mol. The number of hydrogen-bond donors (Lipinski definition) is 1. The van der Waals surface area contributed by atoms with Crippen LogP contribution in [0.4, 0.5) is 5.69 Å². The monoisotopic (exact) mass is 179 g/mol. The Morgan fingerprint density at radius 2 is 2.46 bits per heavy atom. The number of aromatic amines is 1. The third-order valence-electron chi connectivity index (χ3n) is 1.57. The Bertz CT molecular complexity index is 418. The Balaban J connectivity index is 2.52. The van der Waals surface area contributed by atoms with Crippen LogP contribution in [0, 0.1) is 10.1 Å². The normalized spacial score (nSPS) is 10.2. The molecule has 0 bridgehead atoms. The molecule has 0 spiro atoms. The number of H-pyrrole nitrogens is 1. The second-order valence-corrected chi connectivity index (χ2v) is 2.35. The molecule has 2 aromatic heterocycles. The van der Waals surface area contributed by atoms with Crippen molar-refractivity contribution in [1.82, 2.24) is 10.2 Å². The van der Waals surface area contributed by atoms with Gasteiger partial charge in [-0.15, -0.1) is 0 Å². The summed E-state index contributed by atoms with van der Waals surface area (Å²) in [6.45, 7) is 0. The highest BCUT2D eigenvalue weighted by molar-refractivity contribution is 5.63. The van der Waals surface area contributed by atoms with Crippen molar-refractivity contribution in [2.24, 2.45) is 0 Å². The lowest BCUT2D eigenvalue weighted by molar-refractivity contribution is -0.384. The number of nitrogens with zero attached hydrogens (tertiary/aromatic N) is 2. The van der Waals surface area contributed by atoms with Crippen LogP contribution in [0.1, 0.15) is 0 Å². The molecule has 0 saturated heterocycles. The van der Waals surface area contributed by atoms with Crippen molar-refractivity contribution in [2.75, 3.05) is 0 Å². The van der Waals surface area contributed by atoms with Crippen molar-refractivity contribution in [2.45, 2.75) is 0 Å². The summed E-state index contributed by atoms with van der Waals surface area (Å²) >= 11 is 0. The Morgan fingerprint density at radius 1 is 1.62 bits per heavy atom. The van der Waals surface area contributed by atoms with Crippen LogP contribution in [-0.2, 0) is 0 Å². The fourth-order valence-corrected chi connectivity index (χ4v) is 1.02. The minimum Gasteiger partial charge on any atom is -0.462 e. The van der Waals surface area contributed by atoms with Gasteiger partial charge in [-0.25, -0.2) is 0 Å². The number of furan rings is 1. The van der Waals surface area contributed by atoms with Gasteiger partial charge in [-0.2, -0.15) is 5.10 Å². The summed E-state index contributed by atoms with van der Waals surface area (Å²) in [6.07, 6.45) is 2.66. The highest BCUT2D eigenvalue weighted by Crippen LogP contribution is 2.26. The van der Waals surface area contributed by atoms with E-state index in [-0.39, 0.29) is 11.4 Å². The summed E-state index contributed by atoms with van der Waals surface area (Å²) in [6, 6.07) is 3.26. The Morgan fingerprint density at radius 3 is 3.08 bits per heavy atom. The van der Waals surface area contributed by atoms with E-state index in [1.165, 1.54) is 12.5 Å². The van der Waals surface area contributed by atoms with Crippen molar-refractivity contribution in [1.29, 1.82) is 0 Å². The summed E-state index contributed by atoms with van der Waals surface area (Å²) in [4.78, 5) is 9.97. The van der Waals surface area contributed by atoms with Crippen molar-refractivity contribution in [3.8, 4) is 11.5 Å². The predicted octanol–water partition coefficient (Wildman–Crippen LogP) is 1.58. The van der Waals surface area contributed by atoms with E-state index >= 15 is 0 Å². The molecule has 6 heteroatoms. The SMILES string of the molecule is O=[N+]([O-])c1c[nH]nc1-c1ccco1. The molecule has 6 nitrogen and oxygen atoms in total. The molecule has 0 unspecified atom stereocenters. The van der Waals surface area contributed by atoms with Gasteiger partial charge in [0.1, 0.15) is 6.20 Å². The van der Waals surface area contributed by atoms with Crippen molar-refractivity contribution < 1.29 is 9.34 Å². The first-order chi connectivity index (χ1) is 6.29. The molecule has 2 rings (SSSR count). The number of nitrogens with one attached hydrogen (secondary N) is 1. The van der Waals surface area contributed by atoms with E-state index in [0.29, 0.717) is 5.76 Å². The van der Waals surface area contributed by atoms with Crippen LogP contribution < -0.4 is 0 Å². The first-order valence-corrected chi connectivity index (χ1v) is 3.51. The molecular weight excluding hydrogens is 174 g/mol. The lowest BCUT2D eigenvalue weighted by Crippen LogP contribution is -1.87. The fourth-order valence-electron chi connectivity index (χ4n) is 1.02. The van der Waals surface area contributed by atoms with E-state index < -0.39 is 4.92 Å². The van der Waals surface area contributed by atoms with Gasteiger partial charge in [0.05, 0.1) is 11.2 Å². The van der Waals surface area contributed by atoms with Crippen LogP contribution in [0.15, 0.2) is 29.0 Å². The molecule has 66 valence electrons. The van der Waals surface area contributed by atoms with E-state index in [0.717, 1.165) is 0 Å². The molecule has 0 aliphatic heterocycles. The Hall–Kier alpha value is -2.11. The Labute approximate surface area is 72.3 Å². The molecule has 0 fully saturated rings. The van der Waals surface area contributed by atoms with Crippen LogP contribution in [0.5, 0.6) is 0 Å². The highest BCUT2D eigenvalue weighted by atomic mass is 16.6. The maximum atomic E-state index is 10.5. The average Bonchev–Trinajstić information content (AvgIpc) is 2.74. The molecule has 0 aromatic carbocycles. The fraction of sp³-hybridized carbons (Fsp3) is 0. The topological polar surface area (TPSA) is 85.0 Å². The summed E-state index contributed by atoms with van der Waals surface area (Å²) < 4.78 is 4.98. The first kappa shape index (κ1) is 7.53. The smallest absolute Gasteiger partial charge is 0.317 e. The van der Waals surface area contributed by atoms with Gasteiger partial charge in [-0.05, 0) is 12.1 Å². The third-order valence-corrected chi connectivity index (χ3v) is 1.57. The molecule has 2 aromatic rings. The van der Waals surface area contributed by atoms with Crippen LogP contribution in [0.2, 0.25) is 0 Å². The largest absolute Gasteiger partial charge is 0.462 e. The second kappa shape index (κ2) is 2.74. The summed E-state index contributed by atoms with van der Waals surface area (Å²) in [5, 5.41) is 16.6. The minimum absolute atomic E-state index is 0.0880. The molecule has 2 heterocycles. The van der Waals surface area contributed by atoms with Gasteiger partial charge in [-0.3, -0.25) is 15.2 Å². The molecule has 1 N–H and O–H groups in total. The van der Waals surface area contributed by atoms with Crippen LogP contribution >= 0.6 is 0 Å². The van der Waals surface area contributed by atoms with Crippen LogP contribution in [0.25, 0.3) is 11.5 Å². The minimum atomic E-state index is -0.513. The van der Waals surface area contributed by atoms with E-state index in [1.54, 1.807) is 12.1 Å². The molecule has 0 aliphatic carbocycles. The van der Waals surface area contributed by atoms with Gasteiger partial charge in [0.15, 0.2) is 5.76 Å². The Kier molecular flexibility index (Phi) is 1.59. The summed E-state index contributed by atoms with van der Waals surface area (Å²) in [7, 11) is 0. The number of rotatable bonds is 2. The summed E-state index contributed by atoms with van der Waals surface area (Å²) in [5.41, 5.74) is 0.130. The standard InChI is InChI=1S/C7H5N3O3/c11-10(12)5-4-8-9-7(5)6-2-1-3-13-6/h1-4H,(H,8,9).